The summed E-state index contributed by atoms with van der Waals surface area (Å²) in [6, 6.07) is 0. The van der Waals surface area contributed by atoms with E-state index in [2.05, 4.69) is 8.92 Å². The maximum absolute atomic E-state index is 10.4. The van der Waals surface area contributed by atoms with Gasteiger partial charge in [-0.05, 0) is 0 Å². The van der Waals surface area contributed by atoms with Crippen molar-refractivity contribution >= 4 is 10.4 Å². The molecule has 5 N–H and O–H groups in total. The maximum atomic E-state index is 10.4. The second-order valence-corrected chi connectivity index (χ2v) is 4.27. The van der Waals surface area contributed by atoms with Crippen molar-refractivity contribution in [3.05, 3.63) is 0 Å². The number of aliphatic hydroxyl groups excluding tert-OH is 4. The summed E-state index contributed by atoms with van der Waals surface area (Å²) in [4.78, 5) is 0. The van der Waals surface area contributed by atoms with Crippen molar-refractivity contribution in [2.45, 2.75) is 30.7 Å². The molecule has 0 aromatic carbocycles. The Morgan fingerprint density at radius 2 is 1.75 bits per heavy atom. The molecule has 0 aliphatic carbocycles. The topological polar surface area (TPSA) is 154 Å². The van der Waals surface area contributed by atoms with Crippen molar-refractivity contribution in [1.82, 2.24) is 0 Å². The zero-order valence-corrected chi connectivity index (χ0v) is 8.69. The minimum absolute atomic E-state index is 0.687. The van der Waals surface area contributed by atoms with Gasteiger partial charge < -0.3 is 25.2 Å². The van der Waals surface area contributed by atoms with Crippen LogP contribution in [0.2, 0.25) is 0 Å². The Morgan fingerprint density at radius 1 is 1.19 bits per heavy atom. The lowest BCUT2D eigenvalue weighted by molar-refractivity contribution is -0.280. The highest BCUT2D eigenvalue weighted by molar-refractivity contribution is 7.80. The van der Waals surface area contributed by atoms with Crippen molar-refractivity contribution in [1.29, 1.82) is 0 Å². The second kappa shape index (κ2) is 4.89. The summed E-state index contributed by atoms with van der Waals surface area (Å²) in [5, 5.41) is 36.6. The Hall–Kier alpha value is -0.330. The van der Waals surface area contributed by atoms with E-state index in [4.69, 9.17) is 9.66 Å². The van der Waals surface area contributed by atoms with Gasteiger partial charge in [-0.2, -0.15) is 8.42 Å². The van der Waals surface area contributed by atoms with Crippen LogP contribution in [0.5, 0.6) is 0 Å². The van der Waals surface area contributed by atoms with Crippen molar-refractivity contribution < 1.29 is 42.3 Å². The first-order valence-electron chi connectivity index (χ1n) is 4.22. The van der Waals surface area contributed by atoms with Crippen LogP contribution in [-0.2, 0) is 19.3 Å². The van der Waals surface area contributed by atoms with E-state index in [1.165, 1.54) is 0 Å². The molecule has 0 saturated carbocycles. The van der Waals surface area contributed by atoms with E-state index in [1.807, 2.05) is 0 Å². The number of hydrogen-bond acceptors (Lipinski definition) is 8. The van der Waals surface area contributed by atoms with Crippen LogP contribution in [0.1, 0.15) is 0 Å². The van der Waals surface area contributed by atoms with E-state index < -0.39 is 47.7 Å². The van der Waals surface area contributed by atoms with Crippen molar-refractivity contribution in [2.24, 2.45) is 0 Å². The highest BCUT2D eigenvalue weighted by Crippen LogP contribution is 2.22. The summed E-state index contributed by atoms with van der Waals surface area (Å²) in [7, 11) is -4.91. The molecule has 0 bridgehead atoms. The first kappa shape index (κ1) is 13.7. The number of ether oxygens (including phenoxy) is 1. The number of hydrogen-bond donors (Lipinski definition) is 5. The monoisotopic (exact) mass is 260 g/mol. The lowest BCUT2D eigenvalue weighted by Gasteiger charge is -2.38. The Kier molecular flexibility index (Phi) is 4.20. The normalized spacial score (nSPS) is 40.9. The largest absolute Gasteiger partial charge is 0.397 e. The first-order chi connectivity index (χ1) is 7.26. The van der Waals surface area contributed by atoms with Crippen molar-refractivity contribution in [3.8, 4) is 0 Å². The third-order valence-corrected chi connectivity index (χ3v) is 2.54. The zero-order valence-electron chi connectivity index (χ0n) is 7.87. The van der Waals surface area contributed by atoms with Crippen LogP contribution in [0.15, 0.2) is 0 Å². The average Bonchev–Trinajstić information content (AvgIpc) is 2.17. The Morgan fingerprint density at radius 3 is 2.19 bits per heavy atom. The van der Waals surface area contributed by atoms with Gasteiger partial charge in [-0.3, -0.25) is 4.55 Å². The standard InChI is InChI=1S/C6H12O9S/c7-1-2-3(8)4(9)5(6(10)14-2)15-16(11,12)13/h2-10H,1H2,(H,11,12,13)/t2-,3+,4+,5-,6+/m1/s1. The molecule has 1 saturated heterocycles. The molecular weight excluding hydrogens is 248 g/mol. The Labute approximate surface area is 90.8 Å². The van der Waals surface area contributed by atoms with Crippen LogP contribution in [0.3, 0.4) is 0 Å². The molecule has 5 atom stereocenters. The van der Waals surface area contributed by atoms with Gasteiger partial charge in [0, 0.05) is 0 Å². The van der Waals surface area contributed by atoms with Gasteiger partial charge in [-0.25, -0.2) is 4.18 Å². The van der Waals surface area contributed by atoms with Crippen LogP contribution in [-0.4, -0.2) is 70.7 Å². The van der Waals surface area contributed by atoms with E-state index in [-0.39, 0.29) is 0 Å². The van der Waals surface area contributed by atoms with Gasteiger partial charge in [0.1, 0.15) is 18.3 Å². The molecule has 10 heteroatoms. The molecule has 0 radical (unpaired) electrons. The summed E-state index contributed by atoms with van der Waals surface area (Å²) < 4.78 is 37.6. The molecule has 96 valence electrons. The molecule has 1 fully saturated rings. The molecule has 1 aliphatic heterocycles. The van der Waals surface area contributed by atoms with Gasteiger partial charge in [0.2, 0.25) is 0 Å². The zero-order chi connectivity index (χ0) is 12.5. The quantitative estimate of drug-likeness (QED) is 0.327. The average molecular weight is 260 g/mol. The Bertz CT molecular complexity index is 327. The summed E-state index contributed by atoms with van der Waals surface area (Å²) in [5.74, 6) is 0. The van der Waals surface area contributed by atoms with E-state index in [1.54, 1.807) is 0 Å². The minimum atomic E-state index is -4.91. The molecule has 0 aromatic heterocycles. The van der Waals surface area contributed by atoms with Gasteiger partial charge in [0.15, 0.2) is 12.4 Å². The first-order valence-corrected chi connectivity index (χ1v) is 5.59. The molecule has 1 aliphatic rings. The second-order valence-electron chi connectivity index (χ2n) is 3.22. The van der Waals surface area contributed by atoms with E-state index >= 15 is 0 Å². The Balaban J connectivity index is 2.80. The van der Waals surface area contributed by atoms with Crippen LogP contribution in [0.25, 0.3) is 0 Å². The summed E-state index contributed by atoms with van der Waals surface area (Å²) in [6.07, 6.45) is -8.53. The molecule has 1 heterocycles. The molecule has 0 amide bonds. The van der Waals surface area contributed by atoms with Gasteiger partial charge in [-0.1, -0.05) is 0 Å². The highest BCUT2D eigenvalue weighted by Gasteiger charge is 2.46. The van der Waals surface area contributed by atoms with E-state index in [0.717, 1.165) is 0 Å². The number of rotatable bonds is 3. The van der Waals surface area contributed by atoms with Crippen LogP contribution in [0, 0.1) is 0 Å². The van der Waals surface area contributed by atoms with Gasteiger partial charge in [0.05, 0.1) is 6.61 Å². The van der Waals surface area contributed by atoms with Gasteiger partial charge >= 0.3 is 10.4 Å². The van der Waals surface area contributed by atoms with E-state index in [0.29, 0.717) is 0 Å². The highest BCUT2D eigenvalue weighted by atomic mass is 32.3. The van der Waals surface area contributed by atoms with Crippen LogP contribution >= 0.6 is 0 Å². The maximum Gasteiger partial charge on any atom is 0.397 e. The van der Waals surface area contributed by atoms with Crippen LogP contribution < -0.4 is 0 Å². The van der Waals surface area contributed by atoms with E-state index in [9.17, 15) is 23.7 Å². The van der Waals surface area contributed by atoms with Crippen LogP contribution in [0.4, 0.5) is 0 Å². The predicted molar refractivity (Wildman–Crippen MR) is 46.4 cm³/mol. The number of aliphatic hydroxyl groups is 4. The van der Waals surface area contributed by atoms with Gasteiger partial charge in [0.25, 0.3) is 0 Å². The fourth-order valence-corrected chi connectivity index (χ4v) is 1.81. The lowest BCUT2D eigenvalue weighted by atomic mass is 9.99. The molecule has 1 rings (SSSR count). The fraction of sp³-hybridized carbons (Fsp3) is 1.00. The van der Waals surface area contributed by atoms with Crippen molar-refractivity contribution in [2.75, 3.05) is 6.61 Å². The molecule has 0 unspecified atom stereocenters. The van der Waals surface area contributed by atoms with Gasteiger partial charge in [-0.15, -0.1) is 0 Å². The smallest absolute Gasteiger partial charge is 0.394 e. The molecule has 16 heavy (non-hydrogen) atoms. The molecular formula is C6H12O9S. The molecule has 0 aromatic rings. The summed E-state index contributed by atoms with van der Waals surface area (Å²) in [5.41, 5.74) is 0. The SMILES string of the molecule is O=S(=O)(O)O[C@@H]1[C@@H](O)[C@@H](O)[C@@H](CO)O[C@@H]1O. The summed E-state index contributed by atoms with van der Waals surface area (Å²) >= 11 is 0. The fourth-order valence-electron chi connectivity index (χ4n) is 1.32. The van der Waals surface area contributed by atoms with Crippen molar-refractivity contribution in [3.63, 3.8) is 0 Å². The predicted octanol–water partition coefficient (Wildman–Crippen LogP) is -3.39. The third-order valence-electron chi connectivity index (χ3n) is 2.08. The summed E-state index contributed by atoms with van der Waals surface area (Å²) in [6.45, 7) is -0.687. The molecule has 9 nitrogen and oxygen atoms in total. The minimum Gasteiger partial charge on any atom is -0.394 e. The molecule has 0 spiro atoms. The lowest BCUT2D eigenvalue weighted by Crippen LogP contribution is -2.59. The third kappa shape index (κ3) is 3.09.